The summed E-state index contributed by atoms with van der Waals surface area (Å²) in [6.07, 6.45) is 0.893. The zero-order valence-electron chi connectivity index (χ0n) is 6.82. The van der Waals surface area contributed by atoms with E-state index in [1.807, 2.05) is 0 Å². The third-order valence-corrected chi connectivity index (χ3v) is 2.14. The summed E-state index contributed by atoms with van der Waals surface area (Å²) >= 11 is 0. The SMILES string of the molecule is O=S(=O)(Oc1ncccc1F)C(F)(F)F. The lowest BCUT2D eigenvalue weighted by molar-refractivity contribution is -0.0502. The number of rotatable bonds is 2. The van der Waals surface area contributed by atoms with Crippen molar-refractivity contribution in [3.63, 3.8) is 0 Å². The van der Waals surface area contributed by atoms with Crippen LogP contribution in [0.5, 0.6) is 5.88 Å². The van der Waals surface area contributed by atoms with Crippen LogP contribution in [0, 0.1) is 5.82 Å². The predicted octanol–water partition coefficient (Wildman–Crippen LogP) is 1.45. The van der Waals surface area contributed by atoms with Gasteiger partial charge in [0.25, 0.3) is 5.88 Å². The average molecular weight is 245 g/mol. The molecule has 84 valence electrons. The van der Waals surface area contributed by atoms with Crippen molar-refractivity contribution < 1.29 is 30.2 Å². The molecule has 0 radical (unpaired) electrons. The summed E-state index contributed by atoms with van der Waals surface area (Å²) in [6, 6.07) is 1.79. The first-order chi connectivity index (χ1) is 6.74. The summed E-state index contributed by atoms with van der Waals surface area (Å²) in [5.74, 6) is -2.54. The number of alkyl halides is 3. The molecule has 0 aliphatic heterocycles. The van der Waals surface area contributed by atoms with Crippen molar-refractivity contribution in [1.29, 1.82) is 0 Å². The zero-order valence-corrected chi connectivity index (χ0v) is 7.64. The fourth-order valence-corrected chi connectivity index (χ4v) is 1.01. The molecule has 9 heteroatoms. The Hall–Kier alpha value is -1.38. The molecule has 0 unspecified atom stereocenters. The van der Waals surface area contributed by atoms with Gasteiger partial charge in [0.2, 0.25) is 0 Å². The lowest BCUT2D eigenvalue weighted by atomic mass is 10.5. The Morgan fingerprint density at radius 2 is 1.93 bits per heavy atom. The van der Waals surface area contributed by atoms with E-state index in [1.54, 1.807) is 0 Å². The summed E-state index contributed by atoms with van der Waals surface area (Å²) < 4.78 is 72.3. The Morgan fingerprint density at radius 3 is 2.40 bits per heavy atom. The van der Waals surface area contributed by atoms with Crippen LogP contribution >= 0.6 is 0 Å². The van der Waals surface area contributed by atoms with Crippen molar-refractivity contribution >= 4 is 10.1 Å². The van der Waals surface area contributed by atoms with Gasteiger partial charge >= 0.3 is 15.6 Å². The van der Waals surface area contributed by atoms with Gasteiger partial charge in [-0.3, -0.25) is 0 Å². The molecular formula is C6H3F4NO3S. The van der Waals surface area contributed by atoms with E-state index < -0.39 is 27.3 Å². The first-order valence-corrected chi connectivity index (χ1v) is 4.76. The van der Waals surface area contributed by atoms with Gasteiger partial charge in [-0.05, 0) is 12.1 Å². The Bertz CT molecular complexity index is 456. The quantitative estimate of drug-likeness (QED) is 0.449. The van der Waals surface area contributed by atoms with Gasteiger partial charge in [-0.2, -0.15) is 21.6 Å². The first kappa shape index (κ1) is 11.7. The number of aromatic nitrogens is 1. The summed E-state index contributed by atoms with van der Waals surface area (Å²) in [7, 11) is -5.88. The van der Waals surface area contributed by atoms with Crippen LogP contribution in [0.4, 0.5) is 17.6 Å². The largest absolute Gasteiger partial charge is 0.534 e. The second-order valence-corrected chi connectivity index (χ2v) is 3.81. The highest BCUT2D eigenvalue weighted by molar-refractivity contribution is 7.87. The van der Waals surface area contributed by atoms with E-state index in [0.717, 1.165) is 12.3 Å². The van der Waals surface area contributed by atoms with E-state index in [2.05, 4.69) is 9.17 Å². The number of nitrogens with zero attached hydrogens (tertiary/aromatic N) is 1. The molecule has 0 aliphatic carbocycles. The third-order valence-electron chi connectivity index (χ3n) is 1.20. The lowest BCUT2D eigenvalue weighted by Gasteiger charge is -2.08. The third kappa shape index (κ3) is 2.55. The molecule has 0 saturated carbocycles. The summed E-state index contributed by atoms with van der Waals surface area (Å²) in [5.41, 5.74) is -5.61. The van der Waals surface area contributed by atoms with Gasteiger partial charge in [-0.25, -0.2) is 9.37 Å². The molecular weight excluding hydrogens is 242 g/mol. The van der Waals surface area contributed by atoms with Gasteiger partial charge in [0.1, 0.15) is 0 Å². The molecule has 0 saturated heterocycles. The molecule has 1 aromatic heterocycles. The molecule has 0 bridgehead atoms. The van der Waals surface area contributed by atoms with E-state index in [4.69, 9.17) is 0 Å². The molecule has 15 heavy (non-hydrogen) atoms. The van der Waals surface area contributed by atoms with Crippen LogP contribution in [-0.2, 0) is 10.1 Å². The number of hydrogen-bond acceptors (Lipinski definition) is 4. The smallest absolute Gasteiger partial charge is 0.352 e. The standard InChI is InChI=1S/C6H3F4NO3S/c7-4-2-1-3-11-5(4)14-15(12,13)6(8,9)10/h1-3H. The maximum Gasteiger partial charge on any atom is 0.534 e. The van der Waals surface area contributed by atoms with Gasteiger partial charge in [0.05, 0.1) is 0 Å². The maximum absolute atomic E-state index is 12.7. The molecule has 0 N–H and O–H groups in total. The van der Waals surface area contributed by atoms with E-state index in [9.17, 15) is 26.0 Å². The fourth-order valence-electron chi connectivity index (χ4n) is 0.584. The van der Waals surface area contributed by atoms with Crippen LogP contribution in [0.2, 0.25) is 0 Å². The Labute approximate surface area is 81.6 Å². The summed E-state index contributed by atoms with van der Waals surface area (Å²) in [6.45, 7) is 0. The van der Waals surface area contributed by atoms with Crippen molar-refractivity contribution in [2.75, 3.05) is 0 Å². The van der Waals surface area contributed by atoms with E-state index in [-0.39, 0.29) is 0 Å². The van der Waals surface area contributed by atoms with Gasteiger partial charge < -0.3 is 4.18 Å². The van der Waals surface area contributed by atoms with Crippen LogP contribution < -0.4 is 4.18 Å². The molecule has 1 heterocycles. The van der Waals surface area contributed by atoms with Crippen molar-refractivity contribution in [2.24, 2.45) is 0 Å². The number of halogens is 4. The van der Waals surface area contributed by atoms with Gasteiger partial charge in [-0.1, -0.05) is 0 Å². The number of hydrogen-bond donors (Lipinski definition) is 0. The van der Waals surface area contributed by atoms with Crippen LogP contribution in [0.25, 0.3) is 0 Å². The van der Waals surface area contributed by atoms with Gasteiger partial charge in [0.15, 0.2) is 5.82 Å². The molecule has 1 aromatic rings. The normalized spacial score (nSPS) is 12.5. The lowest BCUT2D eigenvalue weighted by Crippen LogP contribution is -2.28. The second kappa shape index (κ2) is 3.65. The highest BCUT2D eigenvalue weighted by Crippen LogP contribution is 2.26. The summed E-state index contributed by atoms with van der Waals surface area (Å²) in [4.78, 5) is 3.00. The zero-order chi connectivity index (χ0) is 11.7. The molecule has 1 rings (SSSR count). The molecule has 0 aliphatic rings. The first-order valence-electron chi connectivity index (χ1n) is 3.35. The maximum atomic E-state index is 12.7. The highest BCUT2D eigenvalue weighted by Gasteiger charge is 2.49. The van der Waals surface area contributed by atoms with Crippen LogP contribution in [0.3, 0.4) is 0 Å². The minimum atomic E-state index is -5.88. The molecule has 0 amide bonds. The second-order valence-electron chi connectivity index (χ2n) is 2.27. The molecule has 0 spiro atoms. The molecule has 0 fully saturated rings. The van der Waals surface area contributed by atoms with E-state index in [0.29, 0.717) is 6.07 Å². The Balaban J connectivity index is 3.03. The van der Waals surface area contributed by atoms with Gasteiger partial charge in [0, 0.05) is 6.20 Å². The van der Waals surface area contributed by atoms with Crippen molar-refractivity contribution in [1.82, 2.24) is 4.98 Å². The number of pyridine rings is 1. The van der Waals surface area contributed by atoms with Crippen LogP contribution in [0.1, 0.15) is 0 Å². The topological polar surface area (TPSA) is 56.3 Å². The highest BCUT2D eigenvalue weighted by atomic mass is 32.2. The van der Waals surface area contributed by atoms with Crippen LogP contribution in [-0.4, -0.2) is 18.9 Å². The molecule has 0 aromatic carbocycles. The monoisotopic (exact) mass is 245 g/mol. The molecule has 0 atom stereocenters. The molecule has 4 nitrogen and oxygen atoms in total. The fraction of sp³-hybridized carbons (Fsp3) is 0.167. The Morgan fingerprint density at radius 1 is 1.33 bits per heavy atom. The van der Waals surface area contributed by atoms with E-state index in [1.165, 1.54) is 0 Å². The summed E-state index contributed by atoms with van der Waals surface area (Å²) in [5, 5.41) is 0. The minimum absolute atomic E-state index is 0.716. The predicted molar refractivity (Wildman–Crippen MR) is 39.8 cm³/mol. The van der Waals surface area contributed by atoms with Gasteiger partial charge in [-0.15, -0.1) is 0 Å². The Kier molecular flexibility index (Phi) is 2.84. The van der Waals surface area contributed by atoms with Crippen molar-refractivity contribution in [3.05, 3.63) is 24.1 Å². The van der Waals surface area contributed by atoms with E-state index >= 15 is 0 Å². The van der Waals surface area contributed by atoms with Crippen LogP contribution in [0.15, 0.2) is 18.3 Å². The minimum Gasteiger partial charge on any atom is -0.352 e. The average Bonchev–Trinajstić information content (AvgIpc) is 2.06. The van der Waals surface area contributed by atoms with Crippen molar-refractivity contribution in [3.8, 4) is 5.88 Å². The van der Waals surface area contributed by atoms with Crippen molar-refractivity contribution in [2.45, 2.75) is 5.51 Å².